The fourth-order valence-corrected chi connectivity index (χ4v) is 3.44. The highest BCUT2D eigenvalue weighted by molar-refractivity contribution is 7.80. The molecular weight excluding hydrogens is 350 g/mol. The lowest BCUT2D eigenvalue weighted by Gasteiger charge is -2.27. The zero-order valence-electron chi connectivity index (χ0n) is 14.3. The minimum Gasteiger partial charge on any atom is -0.358 e. The third-order valence-corrected chi connectivity index (χ3v) is 5.00. The highest BCUT2D eigenvalue weighted by Gasteiger charge is 2.12. The summed E-state index contributed by atoms with van der Waals surface area (Å²) in [5.41, 5.74) is 3.61. The summed E-state index contributed by atoms with van der Waals surface area (Å²) in [4.78, 5) is 2.55. The summed E-state index contributed by atoms with van der Waals surface area (Å²) < 4.78 is 0. The van der Waals surface area contributed by atoms with Crippen LogP contribution in [-0.4, -0.2) is 23.1 Å². The molecular formula is C20H24ClN3S. The molecule has 0 atom stereocenters. The lowest BCUT2D eigenvalue weighted by Crippen LogP contribution is -2.31. The Bertz CT molecular complexity index is 696. The number of benzene rings is 2. The van der Waals surface area contributed by atoms with Gasteiger partial charge >= 0.3 is 0 Å². The van der Waals surface area contributed by atoms with Crippen molar-refractivity contribution in [1.82, 2.24) is 10.2 Å². The van der Waals surface area contributed by atoms with Crippen LogP contribution in [0.3, 0.4) is 0 Å². The molecule has 1 fully saturated rings. The van der Waals surface area contributed by atoms with Crippen LogP contribution in [0.2, 0.25) is 5.02 Å². The maximum absolute atomic E-state index is 5.91. The van der Waals surface area contributed by atoms with Crippen LogP contribution in [0.4, 0.5) is 5.69 Å². The number of anilines is 1. The molecule has 5 heteroatoms. The van der Waals surface area contributed by atoms with E-state index in [0.717, 1.165) is 23.8 Å². The Morgan fingerprint density at radius 3 is 2.36 bits per heavy atom. The van der Waals surface area contributed by atoms with E-state index in [1.165, 1.54) is 43.5 Å². The smallest absolute Gasteiger partial charge is 0.171 e. The molecule has 1 aliphatic rings. The molecule has 1 heterocycles. The predicted molar refractivity (Wildman–Crippen MR) is 110 cm³/mol. The molecule has 1 aliphatic heterocycles. The summed E-state index contributed by atoms with van der Waals surface area (Å²) in [6, 6.07) is 16.1. The first-order valence-electron chi connectivity index (χ1n) is 8.80. The Morgan fingerprint density at radius 1 is 0.960 bits per heavy atom. The van der Waals surface area contributed by atoms with E-state index in [0.29, 0.717) is 5.11 Å². The zero-order chi connectivity index (χ0) is 17.5. The normalized spacial score (nSPS) is 14.9. The number of piperidine rings is 1. The van der Waals surface area contributed by atoms with Crippen LogP contribution in [0, 0.1) is 0 Å². The SMILES string of the molecule is S=C(NCc1ccccc1CN1CCCCC1)Nc1ccc(Cl)cc1. The maximum atomic E-state index is 5.91. The lowest BCUT2D eigenvalue weighted by atomic mass is 10.0. The second kappa shape index (κ2) is 9.18. The average Bonchev–Trinajstić information content (AvgIpc) is 2.64. The monoisotopic (exact) mass is 373 g/mol. The summed E-state index contributed by atoms with van der Waals surface area (Å²) >= 11 is 11.3. The van der Waals surface area contributed by atoms with Crippen LogP contribution in [0.1, 0.15) is 30.4 Å². The Kier molecular flexibility index (Phi) is 6.68. The van der Waals surface area contributed by atoms with Gasteiger partial charge in [-0.1, -0.05) is 42.3 Å². The standard InChI is InChI=1S/C20H24ClN3S/c21-18-8-10-19(11-9-18)23-20(25)22-14-16-6-2-3-7-17(16)15-24-12-4-1-5-13-24/h2-3,6-11H,1,4-5,12-15H2,(H2,22,23,25). The molecule has 0 aliphatic carbocycles. The third kappa shape index (κ3) is 5.70. The van der Waals surface area contributed by atoms with Gasteiger partial charge in [-0.3, -0.25) is 4.90 Å². The number of likely N-dealkylation sites (tertiary alicyclic amines) is 1. The van der Waals surface area contributed by atoms with E-state index in [1.807, 2.05) is 24.3 Å². The van der Waals surface area contributed by atoms with Gasteiger partial charge in [-0.25, -0.2) is 0 Å². The van der Waals surface area contributed by atoms with E-state index >= 15 is 0 Å². The second-order valence-electron chi connectivity index (χ2n) is 6.42. The number of nitrogens with one attached hydrogen (secondary N) is 2. The van der Waals surface area contributed by atoms with Crippen molar-refractivity contribution in [2.24, 2.45) is 0 Å². The van der Waals surface area contributed by atoms with Gasteiger partial charge in [0.25, 0.3) is 0 Å². The molecule has 1 saturated heterocycles. The molecule has 3 nitrogen and oxygen atoms in total. The maximum Gasteiger partial charge on any atom is 0.171 e. The molecule has 2 N–H and O–H groups in total. The van der Waals surface area contributed by atoms with Crippen molar-refractivity contribution in [3.63, 3.8) is 0 Å². The van der Waals surface area contributed by atoms with E-state index < -0.39 is 0 Å². The van der Waals surface area contributed by atoms with Gasteiger partial charge in [-0.2, -0.15) is 0 Å². The minimum absolute atomic E-state index is 0.620. The minimum atomic E-state index is 0.620. The molecule has 0 saturated carbocycles. The predicted octanol–water partition coefficient (Wildman–Crippen LogP) is 4.81. The van der Waals surface area contributed by atoms with Gasteiger partial charge in [-0.15, -0.1) is 0 Å². The van der Waals surface area contributed by atoms with Crippen LogP contribution >= 0.6 is 23.8 Å². The molecule has 25 heavy (non-hydrogen) atoms. The molecule has 2 aromatic rings. The van der Waals surface area contributed by atoms with Gasteiger partial charge in [0.15, 0.2) is 5.11 Å². The number of hydrogen-bond donors (Lipinski definition) is 2. The van der Waals surface area contributed by atoms with Gasteiger partial charge in [0.05, 0.1) is 0 Å². The molecule has 3 rings (SSSR count). The molecule has 0 radical (unpaired) electrons. The number of hydrogen-bond acceptors (Lipinski definition) is 2. The van der Waals surface area contributed by atoms with E-state index in [2.05, 4.69) is 39.8 Å². The Hall–Kier alpha value is -1.62. The molecule has 0 spiro atoms. The first-order chi connectivity index (χ1) is 12.2. The van der Waals surface area contributed by atoms with E-state index in [9.17, 15) is 0 Å². The van der Waals surface area contributed by atoms with E-state index in [-0.39, 0.29) is 0 Å². The van der Waals surface area contributed by atoms with Gasteiger partial charge in [0.2, 0.25) is 0 Å². The van der Waals surface area contributed by atoms with Crippen molar-refractivity contribution in [1.29, 1.82) is 0 Å². The Morgan fingerprint density at radius 2 is 1.64 bits per heavy atom. The summed E-state index contributed by atoms with van der Waals surface area (Å²) in [6.07, 6.45) is 4.00. The summed E-state index contributed by atoms with van der Waals surface area (Å²) in [5.74, 6) is 0. The first kappa shape index (κ1) is 18.2. The molecule has 132 valence electrons. The summed E-state index contributed by atoms with van der Waals surface area (Å²) in [6.45, 7) is 4.16. The first-order valence-corrected chi connectivity index (χ1v) is 9.59. The number of thiocarbonyl (C=S) groups is 1. The van der Waals surface area contributed by atoms with E-state index in [4.69, 9.17) is 23.8 Å². The quantitative estimate of drug-likeness (QED) is 0.735. The van der Waals surface area contributed by atoms with Crippen LogP contribution in [-0.2, 0) is 13.1 Å². The second-order valence-corrected chi connectivity index (χ2v) is 7.26. The van der Waals surface area contributed by atoms with Crippen molar-refractivity contribution in [3.05, 3.63) is 64.7 Å². The van der Waals surface area contributed by atoms with Gasteiger partial charge < -0.3 is 10.6 Å². The van der Waals surface area contributed by atoms with Gasteiger partial charge in [-0.05, 0) is 73.5 Å². The van der Waals surface area contributed by atoms with Crippen LogP contribution < -0.4 is 10.6 Å². The highest BCUT2D eigenvalue weighted by atomic mass is 35.5. The number of nitrogens with zero attached hydrogens (tertiary/aromatic N) is 1. The third-order valence-electron chi connectivity index (χ3n) is 4.50. The fraction of sp³-hybridized carbons (Fsp3) is 0.350. The molecule has 2 aromatic carbocycles. The molecule has 0 bridgehead atoms. The molecule has 0 aromatic heterocycles. The molecule has 0 unspecified atom stereocenters. The lowest BCUT2D eigenvalue weighted by molar-refractivity contribution is 0.220. The number of rotatable bonds is 5. The topological polar surface area (TPSA) is 27.3 Å². The Balaban J connectivity index is 1.55. The largest absolute Gasteiger partial charge is 0.358 e. The molecule has 0 amide bonds. The van der Waals surface area contributed by atoms with Crippen molar-refractivity contribution < 1.29 is 0 Å². The summed E-state index contributed by atoms with van der Waals surface area (Å²) in [7, 11) is 0. The highest BCUT2D eigenvalue weighted by Crippen LogP contribution is 2.16. The Labute approximate surface area is 160 Å². The van der Waals surface area contributed by atoms with Crippen LogP contribution in [0.25, 0.3) is 0 Å². The van der Waals surface area contributed by atoms with Gasteiger partial charge in [0, 0.05) is 23.8 Å². The van der Waals surface area contributed by atoms with Crippen LogP contribution in [0.15, 0.2) is 48.5 Å². The summed E-state index contributed by atoms with van der Waals surface area (Å²) in [5, 5.41) is 7.84. The fourth-order valence-electron chi connectivity index (χ4n) is 3.13. The van der Waals surface area contributed by atoms with Crippen molar-refractivity contribution in [3.8, 4) is 0 Å². The van der Waals surface area contributed by atoms with Crippen molar-refractivity contribution in [2.45, 2.75) is 32.4 Å². The number of halogens is 1. The van der Waals surface area contributed by atoms with E-state index in [1.54, 1.807) is 0 Å². The van der Waals surface area contributed by atoms with Crippen molar-refractivity contribution in [2.75, 3.05) is 18.4 Å². The average molecular weight is 374 g/mol. The van der Waals surface area contributed by atoms with Crippen molar-refractivity contribution >= 4 is 34.6 Å². The van der Waals surface area contributed by atoms with Gasteiger partial charge in [0.1, 0.15) is 0 Å². The van der Waals surface area contributed by atoms with Crippen LogP contribution in [0.5, 0.6) is 0 Å². The zero-order valence-corrected chi connectivity index (χ0v) is 15.9.